The topological polar surface area (TPSA) is 362 Å². The summed E-state index contributed by atoms with van der Waals surface area (Å²) in [5, 5.41) is 31.6. The number of carbonyl (C=O) groups excluding carboxylic acids is 1. The van der Waals surface area contributed by atoms with Crippen LogP contribution in [0.15, 0.2) is 172 Å². The molecule has 32 heteroatoms. The van der Waals surface area contributed by atoms with Crippen LogP contribution >= 0.6 is 34.8 Å². The lowest BCUT2D eigenvalue weighted by Crippen LogP contribution is -2.18. The minimum absolute atomic E-state index is 0.0245. The molecule has 9 heterocycles. The molecule has 492 valence electrons. The van der Waals surface area contributed by atoms with Crippen molar-refractivity contribution in [1.29, 1.82) is 0 Å². The second kappa shape index (κ2) is 28.7. The number of halogens is 3. The van der Waals surface area contributed by atoms with Crippen molar-refractivity contribution in [2.45, 2.75) is 76.2 Å². The van der Waals surface area contributed by atoms with Crippen LogP contribution in [-0.2, 0) is 39.7 Å². The molecule has 0 atom stereocenters. The van der Waals surface area contributed by atoms with Gasteiger partial charge in [0.25, 0.3) is 30.1 Å². The molecule has 6 N–H and O–H groups in total. The Hall–Kier alpha value is -10.3. The number of ketones is 1. The van der Waals surface area contributed by atoms with Gasteiger partial charge in [-0.25, -0.2) is 40.2 Å². The second-order valence-electron chi connectivity index (χ2n) is 21.7. The van der Waals surface area contributed by atoms with Gasteiger partial charge >= 0.3 is 0 Å². The van der Waals surface area contributed by atoms with E-state index in [9.17, 15) is 30.0 Å². The average Bonchev–Trinajstić information content (AvgIpc) is 1.76. The molecule has 0 aliphatic carbocycles. The molecule has 0 radical (unpaired) electrons. The van der Waals surface area contributed by atoms with Gasteiger partial charge in [0.1, 0.15) is 41.7 Å². The van der Waals surface area contributed by atoms with Gasteiger partial charge < -0.3 is 9.68 Å². The zero-order chi connectivity index (χ0) is 68.8. The van der Waals surface area contributed by atoms with Gasteiger partial charge in [0.15, 0.2) is 16.9 Å². The van der Waals surface area contributed by atoms with Crippen LogP contribution < -0.4 is 14.2 Å². The van der Waals surface area contributed by atoms with Crippen LogP contribution in [0.1, 0.15) is 85.8 Å². The predicted octanol–water partition coefficient (Wildman–Crippen LogP) is 12.1. The molecule has 9 aromatic heterocycles. The maximum Gasteiger partial charge on any atom is 0.261 e. The zero-order valence-electron chi connectivity index (χ0n) is 52.4. The van der Waals surface area contributed by atoms with E-state index in [2.05, 4.69) is 85.0 Å². The highest BCUT2D eigenvalue weighted by Crippen LogP contribution is 2.32. The number of carbonyl (C=O) groups is 1. The zero-order valence-corrected chi connectivity index (χ0v) is 57.1. The second-order valence-corrected chi connectivity index (χ2v) is 28.1. The van der Waals surface area contributed by atoms with Crippen molar-refractivity contribution >= 4 is 132 Å². The van der Waals surface area contributed by atoms with Crippen LogP contribution in [0.5, 0.6) is 0 Å². The third-order valence-electron chi connectivity index (χ3n) is 14.5. The average molecular weight is 1410 g/mol. The molecule has 0 aliphatic heterocycles. The summed E-state index contributed by atoms with van der Waals surface area (Å²) in [7, 11) is -10.5. The van der Waals surface area contributed by atoms with Crippen LogP contribution in [-0.4, -0.2) is 116 Å². The van der Waals surface area contributed by atoms with Crippen molar-refractivity contribution in [2.24, 2.45) is 10.3 Å². The Balaban J connectivity index is 0.000000157. The molecule has 0 saturated heterocycles. The molecule has 0 spiro atoms. The largest absolute Gasteiger partial charge is 0.399 e. The lowest BCUT2D eigenvalue weighted by atomic mass is 10.0. The summed E-state index contributed by atoms with van der Waals surface area (Å²) in [5.74, 6) is -0.450. The number of nitrogens with zero attached hydrogens (tertiary/aromatic N) is 11. The number of rotatable bonds is 18. The number of hydrogen-bond donors (Lipinski definition) is 6. The van der Waals surface area contributed by atoms with Crippen LogP contribution in [0.3, 0.4) is 0 Å². The van der Waals surface area contributed by atoms with Gasteiger partial charge in [-0.15, -0.1) is 0 Å². The van der Waals surface area contributed by atoms with E-state index in [1.165, 1.54) is 68.4 Å². The van der Waals surface area contributed by atoms with E-state index in [0.29, 0.717) is 71.7 Å². The third-order valence-corrected chi connectivity index (χ3v) is 19.4. The molecule has 0 fully saturated rings. The number of nitrogens with one attached hydrogen (secondary N) is 6. The predicted molar refractivity (Wildman–Crippen MR) is 368 cm³/mol. The van der Waals surface area contributed by atoms with Crippen molar-refractivity contribution in [1.82, 2.24) is 60.5 Å². The van der Waals surface area contributed by atoms with Crippen LogP contribution in [0.2, 0.25) is 15.1 Å². The van der Waals surface area contributed by atoms with Gasteiger partial charge in [-0.05, 0) is 168 Å². The Morgan fingerprint density at radius 2 is 0.854 bits per heavy atom. The van der Waals surface area contributed by atoms with E-state index in [0.717, 1.165) is 22.3 Å². The lowest BCUT2D eigenvalue weighted by Gasteiger charge is -2.15. The molecule has 0 aliphatic rings. The number of benzene rings is 3. The fourth-order valence-electron chi connectivity index (χ4n) is 9.38. The van der Waals surface area contributed by atoms with Crippen molar-refractivity contribution in [3.8, 4) is 0 Å². The number of sulfonamides is 3. The van der Waals surface area contributed by atoms with Crippen molar-refractivity contribution in [3.63, 3.8) is 0 Å². The highest BCUT2D eigenvalue weighted by molar-refractivity contribution is 7.93. The summed E-state index contributed by atoms with van der Waals surface area (Å²) in [6.07, 6.45) is 13.4. The summed E-state index contributed by atoms with van der Waals surface area (Å²) in [6.45, 7) is 14.7. The van der Waals surface area contributed by atoms with E-state index in [1.807, 2.05) is 41.5 Å². The number of pyridine rings is 6. The van der Waals surface area contributed by atoms with Gasteiger partial charge in [0.05, 0.1) is 60.4 Å². The number of aromatic nitrogens is 12. The Kier molecular flexibility index (Phi) is 20.5. The number of aromatic amines is 3. The van der Waals surface area contributed by atoms with Gasteiger partial charge in [0.2, 0.25) is 5.78 Å². The molecule has 12 aromatic rings. The Morgan fingerprint density at radius 3 is 1.28 bits per heavy atom. The number of oxime groups is 2. The van der Waals surface area contributed by atoms with Gasteiger partial charge in [-0.3, -0.25) is 49.2 Å². The quantitative estimate of drug-likeness (QED) is 0.0264. The fraction of sp³-hybridized carbons (Fsp3) is 0.156. The first kappa shape index (κ1) is 68.6. The van der Waals surface area contributed by atoms with Crippen molar-refractivity contribution < 1.29 is 39.7 Å². The van der Waals surface area contributed by atoms with Crippen LogP contribution in [0.4, 0.5) is 17.1 Å². The van der Waals surface area contributed by atoms with Crippen molar-refractivity contribution in [3.05, 3.63) is 229 Å². The first-order valence-electron chi connectivity index (χ1n) is 28.7. The van der Waals surface area contributed by atoms with E-state index in [1.54, 1.807) is 99.3 Å². The summed E-state index contributed by atoms with van der Waals surface area (Å²) in [6, 6.07) is 23.7. The van der Waals surface area contributed by atoms with E-state index in [-0.39, 0.29) is 70.7 Å². The first-order chi connectivity index (χ1) is 45.7. The molecule has 26 nitrogen and oxygen atoms in total. The monoisotopic (exact) mass is 1410 g/mol. The van der Waals surface area contributed by atoms with Crippen molar-refractivity contribution in [2.75, 3.05) is 21.3 Å². The molecule has 12 rings (SSSR count). The number of H-pyrrole nitrogens is 3. The van der Waals surface area contributed by atoms with E-state index >= 15 is 0 Å². The number of fused-ring (bicyclic) bond motifs is 3. The Labute approximate surface area is 565 Å². The molecule has 0 saturated carbocycles. The minimum Gasteiger partial charge on any atom is -0.399 e. The standard InChI is InChI=1S/C23H23ClN6O3S.C21H19ClN6O3S.C20H16ClN5O3S/c1-13(2)33-29-21(18-7-8-25-23-19(18)12-27-28-23)22-20(10-16(24)11-26-22)30-34(31,32)17-6-5-14(3)15(4)9-17;1-12-4-5-15(8-13(12)2)32(29,30)28-18-9-14(22)10-24-20(18)19(27-31-3)16-6-7-23-21-17(16)11-25-26-21;1-11-7-17(26-30(28,29)13-3-4-16(21)12(2)8-13)18(23-9-11)19(27)14-5-6-22-20-15(14)10-24-25-20/h5-13,30H,1-4H3,(H,25,27,28);4-11,28H,1-3H3,(H,23,25,26);3-10,26H,1-2H3,(H,22,24,25)/b29-21+;27-19+;. The fourth-order valence-corrected chi connectivity index (χ4v) is 13.2. The molecule has 0 amide bonds. The van der Waals surface area contributed by atoms with Gasteiger partial charge in [-0.1, -0.05) is 57.2 Å². The smallest absolute Gasteiger partial charge is 0.261 e. The van der Waals surface area contributed by atoms with Crippen LogP contribution in [0.25, 0.3) is 33.1 Å². The maximum absolute atomic E-state index is 13.2. The molecular weight excluding hydrogens is 1350 g/mol. The first-order valence-corrected chi connectivity index (χ1v) is 34.3. The normalized spacial score (nSPS) is 12.1. The van der Waals surface area contributed by atoms with Crippen LogP contribution in [0, 0.1) is 41.5 Å². The maximum atomic E-state index is 13.2. The van der Waals surface area contributed by atoms with Gasteiger partial charge in [0, 0.05) is 75.1 Å². The SMILES string of the molecule is CO/N=C(/c1ncc(Cl)cc1NS(=O)(=O)c1ccc(C)c(C)c1)c1ccnc2[nH]ncc12.Cc1ccc(S(=O)(=O)Nc2cc(Cl)cnc2/C(=N/OC(C)C)c2ccnc3[nH]ncc23)cc1C.Cc1cnc(C(=O)c2ccnc3[nH]ncc23)c(NS(=O)(=O)c2ccc(Cl)c(C)c2)c1. The van der Waals surface area contributed by atoms with E-state index in [4.69, 9.17) is 44.5 Å². The molecule has 96 heavy (non-hydrogen) atoms. The Morgan fingerprint density at radius 1 is 0.458 bits per heavy atom. The summed E-state index contributed by atoms with van der Waals surface area (Å²) < 4.78 is 86.4. The van der Waals surface area contributed by atoms with E-state index < -0.39 is 35.9 Å². The summed E-state index contributed by atoms with van der Waals surface area (Å²) >= 11 is 18.4. The highest BCUT2D eigenvalue weighted by Gasteiger charge is 2.27. The highest BCUT2D eigenvalue weighted by atomic mass is 35.5. The molecule has 3 aromatic carbocycles. The molecule has 0 bridgehead atoms. The molecular formula is C64H58Cl3N17O9S3. The Bertz CT molecular complexity index is 5400. The number of hydrogen-bond acceptors (Lipinski definition) is 20. The lowest BCUT2D eigenvalue weighted by molar-refractivity contribution is 0.0862. The molecule has 0 unspecified atom stereocenters. The summed E-state index contributed by atoms with van der Waals surface area (Å²) in [5.41, 5.74) is 9.52. The summed E-state index contributed by atoms with van der Waals surface area (Å²) in [4.78, 5) is 49.7. The number of anilines is 3. The third kappa shape index (κ3) is 15.4. The minimum atomic E-state index is -3.97. The number of aryl methyl sites for hydroxylation is 6. The van der Waals surface area contributed by atoms with Gasteiger partial charge in [-0.2, -0.15) is 15.3 Å².